The van der Waals surface area contributed by atoms with E-state index in [-0.39, 0.29) is 18.4 Å². The SMILES string of the molecule is COCCCc1nc(C)c(CCC(=O)O)c(=O)[nH]1. The van der Waals surface area contributed by atoms with E-state index in [9.17, 15) is 9.59 Å². The highest BCUT2D eigenvalue weighted by atomic mass is 16.5. The van der Waals surface area contributed by atoms with Crippen molar-refractivity contribution >= 4 is 5.97 Å². The Balaban J connectivity index is 2.77. The van der Waals surface area contributed by atoms with E-state index in [0.717, 1.165) is 6.42 Å². The quantitative estimate of drug-likeness (QED) is 0.698. The van der Waals surface area contributed by atoms with Crippen molar-refractivity contribution in [3.8, 4) is 0 Å². The third-order valence-corrected chi connectivity index (χ3v) is 2.62. The molecule has 0 aliphatic carbocycles. The Labute approximate surface area is 105 Å². The van der Waals surface area contributed by atoms with Gasteiger partial charge in [-0.25, -0.2) is 4.98 Å². The molecule has 0 unspecified atom stereocenters. The fourth-order valence-corrected chi connectivity index (χ4v) is 1.70. The maximum atomic E-state index is 11.8. The zero-order chi connectivity index (χ0) is 13.5. The minimum atomic E-state index is -0.919. The van der Waals surface area contributed by atoms with Crippen molar-refractivity contribution < 1.29 is 14.6 Å². The van der Waals surface area contributed by atoms with E-state index in [4.69, 9.17) is 9.84 Å². The Bertz CT molecular complexity index is 468. The Morgan fingerprint density at radius 3 is 2.72 bits per heavy atom. The van der Waals surface area contributed by atoms with Crippen molar-refractivity contribution in [2.75, 3.05) is 13.7 Å². The van der Waals surface area contributed by atoms with Crippen LogP contribution in [0.2, 0.25) is 0 Å². The molecule has 100 valence electrons. The van der Waals surface area contributed by atoms with Gasteiger partial charge >= 0.3 is 5.97 Å². The molecule has 0 aromatic carbocycles. The molecule has 0 saturated carbocycles. The average molecular weight is 254 g/mol. The fourth-order valence-electron chi connectivity index (χ4n) is 1.70. The molecule has 1 heterocycles. The zero-order valence-electron chi connectivity index (χ0n) is 10.7. The largest absolute Gasteiger partial charge is 0.481 e. The summed E-state index contributed by atoms with van der Waals surface area (Å²) in [5.41, 5.74) is 0.816. The van der Waals surface area contributed by atoms with Gasteiger partial charge in [-0.1, -0.05) is 0 Å². The van der Waals surface area contributed by atoms with Crippen LogP contribution in [0.4, 0.5) is 0 Å². The van der Waals surface area contributed by atoms with Crippen LogP contribution in [-0.2, 0) is 22.4 Å². The third-order valence-electron chi connectivity index (χ3n) is 2.62. The molecule has 6 nitrogen and oxygen atoms in total. The summed E-state index contributed by atoms with van der Waals surface area (Å²) in [6.07, 6.45) is 1.58. The number of ether oxygens (including phenoxy) is 1. The van der Waals surface area contributed by atoms with E-state index >= 15 is 0 Å². The highest BCUT2D eigenvalue weighted by molar-refractivity contribution is 5.67. The van der Waals surface area contributed by atoms with Crippen molar-refractivity contribution in [1.82, 2.24) is 9.97 Å². The van der Waals surface area contributed by atoms with E-state index in [1.165, 1.54) is 0 Å². The van der Waals surface area contributed by atoms with Gasteiger partial charge in [-0.2, -0.15) is 0 Å². The standard InChI is InChI=1S/C12H18N2O4/c1-8-9(5-6-11(15)16)12(17)14-10(13-8)4-3-7-18-2/h3-7H2,1-2H3,(H,15,16)(H,13,14,17). The average Bonchev–Trinajstić information content (AvgIpc) is 2.28. The van der Waals surface area contributed by atoms with Crippen molar-refractivity contribution in [2.24, 2.45) is 0 Å². The fraction of sp³-hybridized carbons (Fsp3) is 0.583. The molecule has 0 spiro atoms. The number of aliphatic carboxylic acids is 1. The predicted octanol–water partition coefficient (Wildman–Crippen LogP) is 0.675. The van der Waals surface area contributed by atoms with Gasteiger partial charge in [-0.15, -0.1) is 0 Å². The van der Waals surface area contributed by atoms with E-state index in [0.29, 0.717) is 30.1 Å². The molecule has 0 saturated heterocycles. The van der Waals surface area contributed by atoms with Crippen molar-refractivity contribution in [3.63, 3.8) is 0 Å². The van der Waals surface area contributed by atoms with E-state index < -0.39 is 5.97 Å². The molecule has 0 fully saturated rings. The number of methoxy groups -OCH3 is 1. The summed E-state index contributed by atoms with van der Waals surface area (Å²) in [7, 11) is 1.62. The van der Waals surface area contributed by atoms with Gasteiger partial charge in [0.1, 0.15) is 5.82 Å². The number of H-pyrrole nitrogens is 1. The molecule has 18 heavy (non-hydrogen) atoms. The van der Waals surface area contributed by atoms with Gasteiger partial charge in [-0.05, 0) is 19.8 Å². The molecule has 0 radical (unpaired) electrons. The normalized spacial score (nSPS) is 10.6. The minimum absolute atomic E-state index is 0.0609. The predicted molar refractivity (Wildman–Crippen MR) is 65.7 cm³/mol. The van der Waals surface area contributed by atoms with Gasteiger partial charge in [-0.3, -0.25) is 9.59 Å². The van der Waals surface area contributed by atoms with Gasteiger partial charge in [0, 0.05) is 37.8 Å². The molecule has 1 rings (SSSR count). The lowest BCUT2D eigenvalue weighted by molar-refractivity contribution is -0.136. The minimum Gasteiger partial charge on any atom is -0.481 e. The molecule has 1 aromatic rings. The van der Waals surface area contributed by atoms with Crippen LogP contribution >= 0.6 is 0 Å². The van der Waals surface area contributed by atoms with Crippen molar-refractivity contribution in [2.45, 2.75) is 32.6 Å². The van der Waals surface area contributed by atoms with Gasteiger partial charge in [0.25, 0.3) is 5.56 Å². The molecule has 6 heteroatoms. The molecule has 2 N–H and O–H groups in total. The molecule has 0 amide bonds. The molecule has 0 atom stereocenters. The number of carboxylic acids is 1. The Morgan fingerprint density at radius 1 is 1.44 bits per heavy atom. The number of rotatable bonds is 7. The first kappa shape index (κ1) is 14.4. The second-order valence-electron chi connectivity index (χ2n) is 4.07. The number of aromatic amines is 1. The van der Waals surface area contributed by atoms with Crippen LogP contribution < -0.4 is 5.56 Å². The molecular formula is C12H18N2O4. The first-order valence-corrected chi connectivity index (χ1v) is 5.84. The number of carboxylic acid groups (broad SMARTS) is 1. The zero-order valence-corrected chi connectivity index (χ0v) is 10.7. The number of hydrogen-bond donors (Lipinski definition) is 2. The second kappa shape index (κ2) is 6.90. The Hall–Kier alpha value is -1.69. The second-order valence-corrected chi connectivity index (χ2v) is 4.07. The first-order valence-electron chi connectivity index (χ1n) is 5.84. The summed E-state index contributed by atoms with van der Waals surface area (Å²) in [6, 6.07) is 0. The number of carbonyl (C=O) groups is 1. The van der Waals surface area contributed by atoms with Crippen LogP contribution in [0.5, 0.6) is 0 Å². The third kappa shape index (κ3) is 4.29. The number of nitrogens with one attached hydrogen (secondary N) is 1. The molecular weight excluding hydrogens is 236 g/mol. The lowest BCUT2D eigenvalue weighted by Gasteiger charge is -2.06. The number of aryl methyl sites for hydroxylation is 2. The van der Waals surface area contributed by atoms with Gasteiger partial charge < -0.3 is 14.8 Å². The van der Waals surface area contributed by atoms with Gasteiger partial charge in [0.05, 0.1) is 0 Å². The number of nitrogens with zero attached hydrogens (tertiary/aromatic N) is 1. The summed E-state index contributed by atoms with van der Waals surface area (Å²) in [5.74, 6) is -0.299. The summed E-state index contributed by atoms with van der Waals surface area (Å²) in [4.78, 5) is 29.2. The van der Waals surface area contributed by atoms with E-state index in [1.54, 1.807) is 14.0 Å². The van der Waals surface area contributed by atoms with Gasteiger partial charge in [0.2, 0.25) is 0 Å². The summed E-state index contributed by atoms with van der Waals surface area (Å²) in [6.45, 7) is 2.34. The van der Waals surface area contributed by atoms with Crippen LogP contribution in [0.15, 0.2) is 4.79 Å². The van der Waals surface area contributed by atoms with E-state index in [2.05, 4.69) is 9.97 Å². The van der Waals surface area contributed by atoms with Crippen LogP contribution in [0.1, 0.15) is 29.9 Å². The van der Waals surface area contributed by atoms with Gasteiger partial charge in [0.15, 0.2) is 0 Å². The maximum Gasteiger partial charge on any atom is 0.303 e. The smallest absolute Gasteiger partial charge is 0.303 e. The summed E-state index contributed by atoms with van der Waals surface area (Å²) >= 11 is 0. The number of hydrogen-bond acceptors (Lipinski definition) is 4. The van der Waals surface area contributed by atoms with Crippen molar-refractivity contribution in [1.29, 1.82) is 0 Å². The maximum absolute atomic E-state index is 11.8. The highest BCUT2D eigenvalue weighted by Gasteiger charge is 2.09. The first-order chi connectivity index (χ1) is 8.54. The molecule has 0 aliphatic rings. The van der Waals surface area contributed by atoms with E-state index in [1.807, 2.05) is 0 Å². The highest BCUT2D eigenvalue weighted by Crippen LogP contribution is 2.04. The molecule has 0 aliphatic heterocycles. The van der Waals surface area contributed by atoms with Crippen LogP contribution in [0.25, 0.3) is 0 Å². The van der Waals surface area contributed by atoms with Crippen LogP contribution in [0, 0.1) is 6.92 Å². The Kier molecular flexibility index (Phi) is 5.51. The Morgan fingerprint density at radius 2 is 2.17 bits per heavy atom. The summed E-state index contributed by atoms with van der Waals surface area (Å²) < 4.78 is 4.93. The lowest BCUT2D eigenvalue weighted by Crippen LogP contribution is -2.20. The topological polar surface area (TPSA) is 92.3 Å². The summed E-state index contributed by atoms with van der Waals surface area (Å²) in [5, 5.41) is 8.61. The van der Waals surface area contributed by atoms with Crippen molar-refractivity contribution in [3.05, 3.63) is 27.4 Å². The van der Waals surface area contributed by atoms with Crippen LogP contribution in [-0.4, -0.2) is 34.8 Å². The lowest BCUT2D eigenvalue weighted by atomic mass is 10.1. The monoisotopic (exact) mass is 254 g/mol. The molecule has 0 bridgehead atoms. The molecule has 1 aromatic heterocycles. The number of aromatic nitrogens is 2. The van der Waals surface area contributed by atoms with Crippen LogP contribution in [0.3, 0.4) is 0 Å².